The van der Waals surface area contributed by atoms with E-state index >= 15 is 0 Å². The van der Waals surface area contributed by atoms with Crippen LogP contribution >= 0.6 is 31.9 Å². The largest absolute Gasteiger partial charge is 0.495 e. The summed E-state index contributed by atoms with van der Waals surface area (Å²) in [5.41, 5.74) is 1.26. The van der Waals surface area contributed by atoms with Gasteiger partial charge in [-0.25, -0.2) is 0 Å². The van der Waals surface area contributed by atoms with Crippen molar-refractivity contribution in [1.29, 1.82) is 0 Å². The molecule has 0 amide bonds. The molecule has 1 N–H and O–H groups in total. The maximum atomic E-state index is 5.44. The lowest BCUT2D eigenvalue weighted by atomic mass is 10.0. The van der Waals surface area contributed by atoms with Crippen LogP contribution in [-0.2, 0) is 6.54 Å². The number of likely N-dealkylation sites (N-methyl/N-ethyl adjacent to an activating group) is 1. The van der Waals surface area contributed by atoms with E-state index < -0.39 is 0 Å². The van der Waals surface area contributed by atoms with Gasteiger partial charge < -0.3 is 15.0 Å². The smallest absolute Gasteiger partial charge is 0.137 e. The number of halogens is 2. The van der Waals surface area contributed by atoms with Crippen molar-refractivity contribution in [2.24, 2.45) is 0 Å². The summed E-state index contributed by atoms with van der Waals surface area (Å²) in [7, 11) is 5.89. The van der Waals surface area contributed by atoms with Crippen LogP contribution in [0, 0.1) is 0 Å². The highest BCUT2D eigenvalue weighted by Gasteiger charge is 2.20. The van der Waals surface area contributed by atoms with Crippen LogP contribution in [0.15, 0.2) is 21.1 Å². The number of benzene rings is 1. The fourth-order valence-electron chi connectivity index (χ4n) is 1.63. The molecule has 0 fully saturated rings. The molecule has 19 heavy (non-hydrogen) atoms. The zero-order valence-corrected chi connectivity index (χ0v) is 15.4. The first kappa shape index (κ1) is 17.0. The number of nitrogens with zero attached hydrogens (tertiary/aromatic N) is 1. The van der Waals surface area contributed by atoms with Gasteiger partial charge in [0.25, 0.3) is 0 Å². The Morgan fingerprint density at radius 1 is 1.26 bits per heavy atom. The molecular weight excluding hydrogens is 372 g/mol. The SMILES string of the molecule is COc1c(Br)cc(Br)cc1CNCC(C)(C)N(C)C. The molecule has 0 heterocycles. The van der Waals surface area contributed by atoms with Gasteiger partial charge in [-0.15, -0.1) is 0 Å². The van der Waals surface area contributed by atoms with E-state index in [0.717, 1.165) is 33.3 Å². The van der Waals surface area contributed by atoms with Crippen LogP contribution in [-0.4, -0.2) is 38.2 Å². The fraction of sp³-hybridized carbons (Fsp3) is 0.571. The first-order valence-electron chi connectivity index (χ1n) is 6.18. The summed E-state index contributed by atoms with van der Waals surface area (Å²) >= 11 is 7.03. The number of hydrogen-bond donors (Lipinski definition) is 1. The predicted molar refractivity (Wildman–Crippen MR) is 87.9 cm³/mol. The van der Waals surface area contributed by atoms with Crippen molar-refractivity contribution < 1.29 is 4.74 Å². The quantitative estimate of drug-likeness (QED) is 0.798. The van der Waals surface area contributed by atoms with Crippen molar-refractivity contribution in [2.75, 3.05) is 27.7 Å². The topological polar surface area (TPSA) is 24.5 Å². The van der Waals surface area contributed by atoms with Crippen LogP contribution < -0.4 is 10.1 Å². The third kappa shape index (κ3) is 4.74. The lowest BCUT2D eigenvalue weighted by Gasteiger charge is -2.32. The van der Waals surface area contributed by atoms with E-state index in [4.69, 9.17) is 4.74 Å². The third-order valence-electron chi connectivity index (χ3n) is 3.37. The predicted octanol–water partition coefficient (Wildman–Crippen LogP) is 3.65. The minimum Gasteiger partial charge on any atom is -0.495 e. The molecule has 108 valence electrons. The average Bonchev–Trinajstić information content (AvgIpc) is 2.27. The summed E-state index contributed by atoms with van der Waals surface area (Å²) in [5, 5.41) is 3.49. The molecule has 1 rings (SSSR count). The van der Waals surface area contributed by atoms with Gasteiger partial charge >= 0.3 is 0 Å². The fourth-order valence-corrected chi connectivity index (χ4v) is 3.11. The van der Waals surface area contributed by atoms with Gasteiger partial charge in [-0.2, -0.15) is 0 Å². The van der Waals surface area contributed by atoms with Gasteiger partial charge in [-0.05, 0) is 56.0 Å². The normalized spacial score (nSPS) is 12.0. The summed E-state index contributed by atoms with van der Waals surface area (Å²) in [6.45, 7) is 6.12. The Hall–Kier alpha value is -0.100. The summed E-state index contributed by atoms with van der Waals surface area (Å²) in [6.07, 6.45) is 0. The Labute approximate surface area is 133 Å². The molecule has 0 aliphatic rings. The van der Waals surface area contributed by atoms with Gasteiger partial charge in [0.05, 0.1) is 11.6 Å². The molecular formula is C14H22Br2N2O. The van der Waals surface area contributed by atoms with Crippen molar-refractivity contribution in [3.8, 4) is 5.75 Å². The van der Waals surface area contributed by atoms with Crippen LogP contribution in [0.5, 0.6) is 5.75 Å². The second-order valence-electron chi connectivity index (χ2n) is 5.39. The van der Waals surface area contributed by atoms with Crippen LogP contribution in [0.25, 0.3) is 0 Å². The lowest BCUT2D eigenvalue weighted by molar-refractivity contribution is 0.189. The molecule has 0 spiro atoms. The average molecular weight is 394 g/mol. The molecule has 0 saturated carbocycles. The molecule has 0 aromatic heterocycles. The van der Waals surface area contributed by atoms with E-state index in [1.807, 2.05) is 6.07 Å². The van der Waals surface area contributed by atoms with Crippen LogP contribution in [0.4, 0.5) is 0 Å². The Morgan fingerprint density at radius 3 is 2.42 bits per heavy atom. The number of rotatable bonds is 6. The number of hydrogen-bond acceptors (Lipinski definition) is 3. The third-order valence-corrected chi connectivity index (χ3v) is 4.42. The molecule has 0 aliphatic carbocycles. The number of methoxy groups -OCH3 is 1. The zero-order chi connectivity index (χ0) is 14.6. The van der Waals surface area contributed by atoms with Crippen molar-refractivity contribution >= 4 is 31.9 Å². The molecule has 0 saturated heterocycles. The Balaban J connectivity index is 2.73. The second-order valence-corrected chi connectivity index (χ2v) is 7.16. The highest BCUT2D eigenvalue weighted by atomic mass is 79.9. The van der Waals surface area contributed by atoms with Gasteiger partial charge in [0.15, 0.2) is 0 Å². The maximum Gasteiger partial charge on any atom is 0.137 e. The van der Waals surface area contributed by atoms with E-state index in [9.17, 15) is 0 Å². The first-order chi connectivity index (χ1) is 8.77. The first-order valence-corrected chi connectivity index (χ1v) is 7.76. The molecule has 1 aromatic carbocycles. The van der Waals surface area contributed by atoms with Gasteiger partial charge in [-0.3, -0.25) is 0 Å². The molecule has 0 aliphatic heterocycles. The van der Waals surface area contributed by atoms with E-state index in [1.54, 1.807) is 7.11 Å². The van der Waals surface area contributed by atoms with Crippen molar-refractivity contribution in [1.82, 2.24) is 10.2 Å². The summed E-state index contributed by atoms with van der Waals surface area (Å²) in [6, 6.07) is 4.07. The van der Waals surface area contributed by atoms with Gasteiger partial charge in [0.2, 0.25) is 0 Å². The van der Waals surface area contributed by atoms with Gasteiger partial charge in [0, 0.05) is 28.7 Å². The minimum atomic E-state index is 0.122. The van der Waals surface area contributed by atoms with Crippen molar-refractivity contribution in [2.45, 2.75) is 25.9 Å². The standard InChI is InChI=1S/C14H22Br2N2O/c1-14(2,18(3)4)9-17-8-10-6-11(15)7-12(16)13(10)19-5/h6-7,17H,8-9H2,1-5H3. The molecule has 0 atom stereocenters. The van der Waals surface area contributed by atoms with E-state index in [-0.39, 0.29) is 5.54 Å². The van der Waals surface area contributed by atoms with Gasteiger partial charge in [0.1, 0.15) is 5.75 Å². The highest BCUT2D eigenvalue weighted by Crippen LogP contribution is 2.32. The molecule has 5 heteroatoms. The van der Waals surface area contributed by atoms with E-state index in [0.29, 0.717) is 0 Å². The molecule has 0 bridgehead atoms. The molecule has 0 radical (unpaired) electrons. The van der Waals surface area contributed by atoms with E-state index in [2.05, 4.69) is 76.1 Å². The zero-order valence-electron chi connectivity index (χ0n) is 12.2. The number of ether oxygens (including phenoxy) is 1. The molecule has 0 unspecified atom stereocenters. The lowest BCUT2D eigenvalue weighted by Crippen LogP contribution is -2.46. The van der Waals surface area contributed by atoms with Crippen LogP contribution in [0.2, 0.25) is 0 Å². The van der Waals surface area contributed by atoms with Crippen molar-refractivity contribution in [3.63, 3.8) is 0 Å². The van der Waals surface area contributed by atoms with Crippen LogP contribution in [0.3, 0.4) is 0 Å². The minimum absolute atomic E-state index is 0.122. The Kier molecular flexibility index (Phi) is 6.30. The van der Waals surface area contributed by atoms with Crippen molar-refractivity contribution in [3.05, 3.63) is 26.6 Å². The summed E-state index contributed by atoms with van der Waals surface area (Å²) in [5.74, 6) is 0.887. The Morgan fingerprint density at radius 2 is 1.89 bits per heavy atom. The highest BCUT2D eigenvalue weighted by molar-refractivity contribution is 9.11. The summed E-state index contributed by atoms with van der Waals surface area (Å²) < 4.78 is 7.45. The van der Waals surface area contributed by atoms with Crippen LogP contribution in [0.1, 0.15) is 19.4 Å². The van der Waals surface area contributed by atoms with E-state index in [1.165, 1.54) is 0 Å². The molecule has 3 nitrogen and oxygen atoms in total. The second kappa shape index (κ2) is 7.07. The monoisotopic (exact) mass is 392 g/mol. The van der Waals surface area contributed by atoms with Gasteiger partial charge in [-0.1, -0.05) is 15.9 Å². The Bertz CT molecular complexity index is 434. The molecule has 1 aromatic rings. The number of nitrogens with one attached hydrogen (secondary N) is 1. The maximum absolute atomic E-state index is 5.44. The summed E-state index contributed by atoms with van der Waals surface area (Å²) in [4.78, 5) is 2.22.